The van der Waals surface area contributed by atoms with Gasteiger partial charge in [-0.3, -0.25) is 0 Å². The van der Waals surface area contributed by atoms with Crippen LogP contribution in [-0.4, -0.2) is 26.8 Å². The maximum absolute atomic E-state index is 6.01. The maximum Gasteiger partial charge on any atom is 0.0587 e. The fourth-order valence-corrected chi connectivity index (χ4v) is 2.09. The van der Waals surface area contributed by atoms with E-state index in [1.807, 2.05) is 18.2 Å². The zero-order chi connectivity index (χ0) is 13.4. The van der Waals surface area contributed by atoms with Crippen LogP contribution in [0.5, 0.6) is 0 Å². The van der Waals surface area contributed by atoms with Gasteiger partial charge in [-0.05, 0) is 30.2 Å². The third-order valence-corrected chi connectivity index (χ3v) is 3.56. The van der Waals surface area contributed by atoms with E-state index in [-0.39, 0.29) is 0 Å². The van der Waals surface area contributed by atoms with Gasteiger partial charge in [-0.2, -0.15) is 0 Å². The summed E-state index contributed by atoms with van der Waals surface area (Å²) >= 11 is 9.54. The molecule has 1 aromatic rings. The van der Waals surface area contributed by atoms with Gasteiger partial charge < -0.3 is 10.1 Å². The van der Waals surface area contributed by atoms with Crippen molar-refractivity contribution >= 4 is 33.6 Å². The molecule has 0 amide bonds. The zero-order valence-corrected chi connectivity index (χ0v) is 13.1. The number of rotatable bonds is 7. The first kappa shape index (κ1) is 15.7. The average Bonchev–Trinajstić information content (AvgIpc) is 2.37. The van der Waals surface area contributed by atoms with Crippen LogP contribution in [0.4, 0.5) is 0 Å². The minimum absolute atomic E-state index is 0.734. The standard InChI is InChI=1S/C14H19BrClNO/c1-3-11(10-17-6-7-18-2)8-12-9-13(16)4-5-14(12)15/h4-5,8-9,17H,3,6-7,10H2,1-2H3. The van der Waals surface area contributed by atoms with Gasteiger partial charge in [-0.1, -0.05) is 46.1 Å². The molecule has 0 bridgehead atoms. The molecule has 0 aromatic heterocycles. The van der Waals surface area contributed by atoms with Gasteiger partial charge in [0, 0.05) is 29.7 Å². The van der Waals surface area contributed by atoms with Crippen LogP contribution in [0.15, 0.2) is 28.2 Å². The number of benzene rings is 1. The summed E-state index contributed by atoms with van der Waals surface area (Å²) in [5, 5.41) is 4.11. The molecule has 0 aliphatic heterocycles. The molecule has 0 aliphatic rings. The number of halogens is 2. The fraction of sp³-hybridized carbons (Fsp3) is 0.429. The van der Waals surface area contributed by atoms with Crippen molar-refractivity contribution in [2.24, 2.45) is 0 Å². The summed E-state index contributed by atoms with van der Waals surface area (Å²) in [4.78, 5) is 0. The Hall–Kier alpha value is -0.350. The van der Waals surface area contributed by atoms with Crippen LogP contribution < -0.4 is 5.32 Å². The first-order chi connectivity index (χ1) is 8.67. The molecule has 1 N–H and O–H groups in total. The molecule has 100 valence electrons. The normalized spacial score (nSPS) is 11.9. The van der Waals surface area contributed by atoms with E-state index in [0.29, 0.717) is 0 Å². The molecule has 0 saturated heterocycles. The van der Waals surface area contributed by atoms with Crippen LogP contribution >= 0.6 is 27.5 Å². The van der Waals surface area contributed by atoms with Crippen LogP contribution in [0, 0.1) is 0 Å². The van der Waals surface area contributed by atoms with E-state index in [2.05, 4.69) is 34.2 Å². The highest BCUT2D eigenvalue weighted by molar-refractivity contribution is 9.10. The fourth-order valence-electron chi connectivity index (χ4n) is 1.55. The first-order valence-corrected chi connectivity index (χ1v) is 7.18. The highest BCUT2D eigenvalue weighted by atomic mass is 79.9. The molecule has 0 aliphatic carbocycles. The number of hydrogen-bond donors (Lipinski definition) is 1. The second-order valence-electron chi connectivity index (χ2n) is 3.99. The third-order valence-electron chi connectivity index (χ3n) is 2.61. The van der Waals surface area contributed by atoms with Crippen LogP contribution in [0.1, 0.15) is 18.9 Å². The summed E-state index contributed by atoms with van der Waals surface area (Å²) in [5.41, 5.74) is 2.46. The van der Waals surface area contributed by atoms with Crippen molar-refractivity contribution in [1.82, 2.24) is 5.32 Å². The van der Waals surface area contributed by atoms with E-state index in [1.165, 1.54) is 5.57 Å². The van der Waals surface area contributed by atoms with E-state index < -0.39 is 0 Å². The largest absolute Gasteiger partial charge is 0.383 e. The van der Waals surface area contributed by atoms with Crippen molar-refractivity contribution < 1.29 is 4.74 Å². The van der Waals surface area contributed by atoms with Gasteiger partial charge in [-0.25, -0.2) is 0 Å². The van der Waals surface area contributed by atoms with E-state index in [4.69, 9.17) is 16.3 Å². The van der Waals surface area contributed by atoms with Gasteiger partial charge in [0.05, 0.1) is 6.61 Å². The predicted molar refractivity (Wildman–Crippen MR) is 82.2 cm³/mol. The highest BCUT2D eigenvalue weighted by Crippen LogP contribution is 2.23. The van der Waals surface area contributed by atoms with Gasteiger partial charge >= 0.3 is 0 Å². The summed E-state index contributed by atoms with van der Waals surface area (Å²) in [5.74, 6) is 0. The minimum atomic E-state index is 0.734. The minimum Gasteiger partial charge on any atom is -0.383 e. The Morgan fingerprint density at radius 2 is 2.28 bits per heavy atom. The molecular weight excluding hydrogens is 314 g/mol. The average molecular weight is 333 g/mol. The lowest BCUT2D eigenvalue weighted by molar-refractivity contribution is 0.200. The second kappa shape index (κ2) is 8.70. The first-order valence-electron chi connectivity index (χ1n) is 6.01. The van der Waals surface area contributed by atoms with Crippen molar-refractivity contribution in [2.45, 2.75) is 13.3 Å². The highest BCUT2D eigenvalue weighted by Gasteiger charge is 2.00. The molecule has 4 heteroatoms. The molecule has 18 heavy (non-hydrogen) atoms. The Balaban J connectivity index is 2.68. The van der Waals surface area contributed by atoms with E-state index in [1.54, 1.807) is 7.11 Å². The summed E-state index contributed by atoms with van der Waals surface area (Å²) in [7, 11) is 1.71. The monoisotopic (exact) mass is 331 g/mol. The number of methoxy groups -OCH3 is 1. The lowest BCUT2D eigenvalue weighted by Crippen LogP contribution is -2.21. The third kappa shape index (κ3) is 5.53. The Morgan fingerprint density at radius 3 is 2.94 bits per heavy atom. The lowest BCUT2D eigenvalue weighted by atomic mass is 10.1. The maximum atomic E-state index is 6.01. The van der Waals surface area contributed by atoms with Gasteiger partial charge in [0.25, 0.3) is 0 Å². The molecule has 0 atom stereocenters. The molecule has 0 saturated carbocycles. The molecule has 1 rings (SSSR count). The van der Waals surface area contributed by atoms with Crippen molar-refractivity contribution in [1.29, 1.82) is 0 Å². The van der Waals surface area contributed by atoms with Gasteiger partial charge in [0.15, 0.2) is 0 Å². The second-order valence-corrected chi connectivity index (χ2v) is 5.28. The van der Waals surface area contributed by atoms with Crippen LogP contribution in [0.2, 0.25) is 5.02 Å². The number of ether oxygens (including phenoxy) is 1. The SMILES string of the molecule is CCC(=Cc1cc(Cl)ccc1Br)CNCCOC. The predicted octanol–water partition coefficient (Wildman–Crippen LogP) is 4.13. The zero-order valence-electron chi connectivity index (χ0n) is 10.8. The molecule has 0 heterocycles. The Bertz CT molecular complexity index is 407. The van der Waals surface area contributed by atoms with Gasteiger partial charge in [0.1, 0.15) is 0 Å². The molecule has 0 spiro atoms. The Labute approximate surface area is 122 Å². The Kier molecular flexibility index (Phi) is 7.59. The van der Waals surface area contributed by atoms with Crippen molar-refractivity contribution in [3.8, 4) is 0 Å². The molecule has 0 fully saturated rings. The van der Waals surface area contributed by atoms with E-state index in [9.17, 15) is 0 Å². The summed E-state index contributed by atoms with van der Waals surface area (Å²) < 4.78 is 6.07. The summed E-state index contributed by atoms with van der Waals surface area (Å²) in [6.45, 7) is 4.63. The number of nitrogens with one attached hydrogen (secondary N) is 1. The summed E-state index contributed by atoms with van der Waals surface area (Å²) in [6.07, 6.45) is 3.19. The quantitative estimate of drug-likeness (QED) is 0.758. The van der Waals surface area contributed by atoms with E-state index in [0.717, 1.165) is 41.2 Å². The van der Waals surface area contributed by atoms with Gasteiger partial charge in [-0.15, -0.1) is 0 Å². The lowest BCUT2D eigenvalue weighted by Gasteiger charge is -2.08. The van der Waals surface area contributed by atoms with Crippen LogP contribution in [-0.2, 0) is 4.74 Å². The van der Waals surface area contributed by atoms with E-state index >= 15 is 0 Å². The van der Waals surface area contributed by atoms with Crippen molar-refractivity contribution in [3.05, 3.63) is 38.8 Å². The molecule has 0 unspecified atom stereocenters. The smallest absolute Gasteiger partial charge is 0.0587 e. The number of hydrogen-bond acceptors (Lipinski definition) is 2. The van der Waals surface area contributed by atoms with Gasteiger partial charge in [0.2, 0.25) is 0 Å². The van der Waals surface area contributed by atoms with Crippen LogP contribution in [0.3, 0.4) is 0 Å². The van der Waals surface area contributed by atoms with Crippen molar-refractivity contribution in [3.63, 3.8) is 0 Å². The molecule has 0 radical (unpaired) electrons. The Morgan fingerprint density at radius 1 is 1.50 bits per heavy atom. The molecule has 2 nitrogen and oxygen atoms in total. The molecule has 1 aromatic carbocycles. The topological polar surface area (TPSA) is 21.3 Å². The molecular formula is C14H19BrClNO. The summed E-state index contributed by atoms with van der Waals surface area (Å²) in [6, 6.07) is 5.82. The van der Waals surface area contributed by atoms with Crippen molar-refractivity contribution in [2.75, 3.05) is 26.8 Å². The van der Waals surface area contributed by atoms with Crippen LogP contribution in [0.25, 0.3) is 6.08 Å².